The summed E-state index contributed by atoms with van der Waals surface area (Å²) in [6.07, 6.45) is 0. The number of nitrogens with one attached hydrogen (secondary N) is 2. The molecule has 0 aliphatic heterocycles. The highest BCUT2D eigenvalue weighted by Gasteiger charge is 2.12. The molecule has 0 saturated carbocycles. The van der Waals surface area contributed by atoms with Crippen LogP contribution in [0.1, 0.15) is 37.5 Å². The minimum absolute atomic E-state index is 0.0560. The fourth-order valence-electron chi connectivity index (χ4n) is 2.27. The highest BCUT2D eigenvalue weighted by molar-refractivity contribution is 6.02. The predicted octanol–water partition coefficient (Wildman–Crippen LogP) is 4.57. The van der Waals surface area contributed by atoms with Gasteiger partial charge in [0.2, 0.25) is 0 Å². The van der Waals surface area contributed by atoms with Crippen molar-refractivity contribution in [3.05, 3.63) is 59.2 Å². The Bertz CT molecular complexity index is 728. The number of carbonyl (C=O) groups excluding carboxylic acids is 1. The maximum Gasteiger partial charge on any atom is 0.325 e. The van der Waals surface area contributed by atoms with E-state index in [1.807, 2.05) is 63.2 Å². The maximum absolute atomic E-state index is 11.3. The summed E-state index contributed by atoms with van der Waals surface area (Å²) in [6, 6.07) is 13.6. The molecule has 0 radical (unpaired) electrons. The molecule has 2 rings (SSSR count). The molecule has 0 fully saturated rings. The summed E-state index contributed by atoms with van der Waals surface area (Å²) in [6.45, 7) is 8.16. The molecule has 2 aromatic rings. The first-order valence-electron chi connectivity index (χ1n) is 8.69. The van der Waals surface area contributed by atoms with Gasteiger partial charge in [-0.3, -0.25) is 4.79 Å². The van der Waals surface area contributed by atoms with E-state index < -0.39 is 0 Å². The number of rotatable bonds is 7. The Hall–Kier alpha value is -2.82. The summed E-state index contributed by atoms with van der Waals surface area (Å²) in [5.41, 5.74) is 3.83. The number of ether oxygens (including phenoxy) is 2. The van der Waals surface area contributed by atoms with Crippen molar-refractivity contribution >= 4 is 17.4 Å². The monoisotopic (exact) mass is 356 g/mol. The molecule has 2 N–H and O–H groups in total. The van der Waals surface area contributed by atoms with Crippen LogP contribution in [0.15, 0.2) is 42.5 Å². The van der Waals surface area contributed by atoms with Crippen LogP contribution in [-0.4, -0.2) is 25.3 Å². The van der Waals surface area contributed by atoms with Gasteiger partial charge in [0.25, 0.3) is 0 Å². The molecule has 0 aliphatic rings. The lowest BCUT2D eigenvalue weighted by molar-refractivity contribution is -0.138. The Balaban J connectivity index is 0.00000163. The lowest BCUT2D eigenvalue weighted by atomic mass is 10.0. The molecule has 140 valence electrons. The highest BCUT2D eigenvalue weighted by atomic mass is 16.5. The van der Waals surface area contributed by atoms with Crippen LogP contribution in [0.4, 0.5) is 5.69 Å². The van der Waals surface area contributed by atoms with Crippen LogP contribution >= 0.6 is 0 Å². The number of esters is 1. The molecule has 0 heterocycles. The molecule has 5 heteroatoms. The van der Waals surface area contributed by atoms with E-state index >= 15 is 0 Å². The summed E-state index contributed by atoms with van der Waals surface area (Å²) < 4.78 is 10.5. The summed E-state index contributed by atoms with van der Waals surface area (Å²) in [4.78, 5) is 11.3. The standard InChI is InChI=1S/C19H22N2O3.C2H6/c1-13-9-17(21-11-19(22)23-3)16(14(2)20)10-18(13)24-12-15-7-5-4-6-8-15;1-2/h4-10,20-21H,11-12H2,1-3H3;1-2H3. The quantitative estimate of drug-likeness (QED) is 0.563. The van der Waals surface area contributed by atoms with Crippen molar-refractivity contribution in [2.24, 2.45) is 0 Å². The molecule has 2 aromatic carbocycles. The second-order valence-electron chi connectivity index (χ2n) is 5.49. The Morgan fingerprint density at radius 3 is 2.38 bits per heavy atom. The van der Waals surface area contributed by atoms with Gasteiger partial charge in [0.05, 0.1) is 7.11 Å². The zero-order chi connectivity index (χ0) is 19.5. The number of benzene rings is 2. The van der Waals surface area contributed by atoms with E-state index in [1.165, 1.54) is 7.11 Å². The van der Waals surface area contributed by atoms with Gasteiger partial charge in [-0.05, 0) is 37.1 Å². The molecular weight excluding hydrogens is 328 g/mol. The second-order valence-corrected chi connectivity index (χ2v) is 5.49. The number of methoxy groups -OCH3 is 1. The average molecular weight is 356 g/mol. The number of hydrogen-bond acceptors (Lipinski definition) is 5. The van der Waals surface area contributed by atoms with Gasteiger partial charge in [0, 0.05) is 17.0 Å². The third kappa shape index (κ3) is 6.24. The summed E-state index contributed by atoms with van der Waals surface area (Å²) in [5.74, 6) is 0.370. The van der Waals surface area contributed by atoms with Crippen LogP contribution in [0.2, 0.25) is 0 Å². The summed E-state index contributed by atoms with van der Waals surface area (Å²) >= 11 is 0. The largest absolute Gasteiger partial charge is 0.489 e. The van der Waals surface area contributed by atoms with E-state index in [9.17, 15) is 4.79 Å². The molecule has 0 aliphatic carbocycles. The number of hydrogen-bond donors (Lipinski definition) is 2. The van der Waals surface area contributed by atoms with Gasteiger partial charge in [-0.1, -0.05) is 44.2 Å². The molecule has 0 atom stereocenters. The van der Waals surface area contributed by atoms with Gasteiger partial charge < -0.3 is 20.2 Å². The van der Waals surface area contributed by atoms with Crippen LogP contribution in [0, 0.1) is 12.3 Å². The fourth-order valence-corrected chi connectivity index (χ4v) is 2.27. The van der Waals surface area contributed by atoms with Gasteiger partial charge in [-0.2, -0.15) is 0 Å². The summed E-state index contributed by atoms with van der Waals surface area (Å²) in [7, 11) is 1.35. The number of aryl methyl sites for hydroxylation is 1. The van der Waals surface area contributed by atoms with E-state index in [-0.39, 0.29) is 12.5 Å². The molecule has 0 unspecified atom stereocenters. The van der Waals surface area contributed by atoms with Crippen LogP contribution in [0.3, 0.4) is 0 Å². The van der Waals surface area contributed by atoms with E-state index in [0.29, 0.717) is 17.9 Å². The topological polar surface area (TPSA) is 71.4 Å². The lowest BCUT2D eigenvalue weighted by Crippen LogP contribution is -2.16. The normalized spacial score (nSPS) is 9.58. The Kier molecular flexibility index (Phi) is 8.92. The van der Waals surface area contributed by atoms with Crippen LogP contribution in [-0.2, 0) is 16.1 Å². The first-order chi connectivity index (χ1) is 12.5. The first-order valence-corrected chi connectivity index (χ1v) is 8.69. The van der Waals surface area contributed by atoms with Crippen molar-refractivity contribution in [3.63, 3.8) is 0 Å². The number of anilines is 1. The molecule has 0 spiro atoms. The SMILES string of the molecule is CC.COC(=O)CNc1cc(C)c(OCc2ccccc2)cc1C(C)=N. The zero-order valence-corrected chi connectivity index (χ0v) is 16.2. The Labute approximate surface area is 155 Å². The fraction of sp³-hybridized carbons (Fsp3) is 0.333. The van der Waals surface area contributed by atoms with Gasteiger partial charge in [0.15, 0.2) is 0 Å². The van der Waals surface area contributed by atoms with Gasteiger partial charge in [0.1, 0.15) is 18.9 Å². The minimum atomic E-state index is -0.356. The third-order valence-corrected chi connectivity index (χ3v) is 3.61. The third-order valence-electron chi connectivity index (χ3n) is 3.61. The lowest BCUT2D eigenvalue weighted by Gasteiger charge is -2.16. The van der Waals surface area contributed by atoms with Gasteiger partial charge >= 0.3 is 5.97 Å². The Morgan fingerprint density at radius 2 is 1.81 bits per heavy atom. The molecular formula is C21H28N2O3. The molecule has 0 amide bonds. The molecule has 0 aromatic heterocycles. The van der Waals surface area contributed by atoms with E-state index in [2.05, 4.69) is 10.1 Å². The highest BCUT2D eigenvalue weighted by Crippen LogP contribution is 2.28. The van der Waals surface area contributed by atoms with Crippen LogP contribution in [0.5, 0.6) is 5.75 Å². The Morgan fingerprint density at radius 1 is 1.15 bits per heavy atom. The smallest absolute Gasteiger partial charge is 0.325 e. The van der Waals surface area contributed by atoms with Crippen molar-refractivity contribution in [3.8, 4) is 5.75 Å². The van der Waals surface area contributed by atoms with Crippen molar-refractivity contribution < 1.29 is 14.3 Å². The van der Waals surface area contributed by atoms with E-state index in [0.717, 1.165) is 22.6 Å². The van der Waals surface area contributed by atoms with Crippen molar-refractivity contribution in [1.29, 1.82) is 5.41 Å². The van der Waals surface area contributed by atoms with Crippen molar-refractivity contribution in [2.75, 3.05) is 19.0 Å². The zero-order valence-electron chi connectivity index (χ0n) is 16.2. The maximum atomic E-state index is 11.3. The number of carbonyl (C=O) groups is 1. The summed E-state index contributed by atoms with van der Waals surface area (Å²) in [5, 5.41) is 11.0. The van der Waals surface area contributed by atoms with Crippen LogP contribution < -0.4 is 10.1 Å². The van der Waals surface area contributed by atoms with E-state index in [1.54, 1.807) is 6.92 Å². The molecule has 26 heavy (non-hydrogen) atoms. The average Bonchev–Trinajstić information content (AvgIpc) is 2.67. The van der Waals surface area contributed by atoms with Crippen molar-refractivity contribution in [2.45, 2.75) is 34.3 Å². The molecule has 5 nitrogen and oxygen atoms in total. The van der Waals surface area contributed by atoms with E-state index in [4.69, 9.17) is 10.1 Å². The minimum Gasteiger partial charge on any atom is -0.489 e. The molecule has 0 bridgehead atoms. The second kappa shape index (κ2) is 10.9. The molecule has 0 saturated heterocycles. The van der Waals surface area contributed by atoms with Gasteiger partial charge in [-0.25, -0.2) is 0 Å². The van der Waals surface area contributed by atoms with Crippen LogP contribution in [0.25, 0.3) is 0 Å². The predicted molar refractivity (Wildman–Crippen MR) is 106 cm³/mol. The van der Waals surface area contributed by atoms with Gasteiger partial charge in [-0.15, -0.1) is 0 Å². The van der Waals surface area contributed by atoms with Crippen molar-refractivity contribution in [1.82, 2.24) is 0 Å². The first kappa shape index (κ1) is 21.2.